The summed E-state index contributed by atoms with van der Waals surface area (Å²) in [7, 11) is 4.75. The number of hydrogen-bond acceptors (Lipinski definition) is 3. The molecular weight excluding hydrogens is 194 g/mol. The number of methoxy groups -OCH3 is 1. The van der Waals surface area contributed by atoms with E-state index in [1.165, 1.54) is 12.0 Å². The van der Waals surface area contributed by atoms with E-state index in [1.807, 2.05) is 6.07 Å². The van der Waals surface area contributed by atoms with Crippen LogP contribution in [0.2, 0.25) is 0 Å². The smallest absolute Gasteiger partial charge is 0.337 e. The molecule has 0 atom stereocenters. The van der Waals surface area contributed by atoms with E-state index in [9.17, 15) is 9.59 Å². The van der Waals surface area contributed by atoms with Gasteiger partial charge in [-0.2, -0.15) is 0 Å². The maximum atomic E-state index is 10.8. The Morgan fingerprint density at radius 1 is 1.27 bits per heavy atom. The van der Waals surface area contributed by atoms with Crippen LogP contribution in [-0.4, -0.2) is 38.5 Å². The second-order valence-corrected chi connectivity index (χ2v) is 2.93. The van der Waals surface area contributed by atoms with Gasteiger partial charge >= 0.3 is 5.97 Å². The molecule has 0 N–H and O–H groups in total. The number of esters is 1. The Morgan fingerprint density at radius 3 is 2.07 bits per heavy atom. The molecule has 0 bridgehead atoms. The van der Waals surface area contributed by atoms with Crippen molar-refractivity contribution in [3.8, 4) is 0 Å². The van der Waals surface area contributed by atoms with Gasteiger partial charge < -0.3 is 9.64 Å². The van der Waals surface area contributed by atoms with E-state index in [1.54, 1.807) is 38.4 Å². The Hall–Kier alpha value is -1.84. The Balaban J connectivity index is 0.000000336. The lowest BCUT2D eigenvalue weighted by Gasteiger charge is -1.95. The molecule has 0 saturated carbocycles. The lowest BCUT2D eigenvalue weighted by Crippen LogP contribution is -2.06. The zero-order valence-corrected chi connectivity index (χ0v) is 9.14. The summed E-state index contributed by atoms with van der Waals surface area (Å²) in [6.45, 7) is 0. The fraction of sp³-hybridized carbons (Fsp3) is 0.273. The number of carbonyl (C=O) groups excluding carboxylic acids is 2. The monoisotopic (exact) mass is 209 g/mol. The number of rotatable bonds is 2. The van der Waals surface area contributed by atoms with Crippen LogP contribution in [0.4, 0.5) is 0 Å². The predicted octanol–water partition coefficient (Wildman–Crippen LogP) is 1.18. The van der Waals surface area contributed by atoms with Crippen LogP contribution in [0.5, 0.6) is 0 Å². The van der Waals surface area contributed by atoms with E-state index < -0.39 is 0 Å². The highest BCUT2D eigenvalue weighted by Gasteiger charge is 2.00. The average Bonchev–Trinajstić information content (AvgIpc) is 2.30. The molecule has 1 amide bonds. The molecule has 0 heterocycles. The van der Waals surface area contributed by atoms with Gasteiger partial charge in [0.2, 0.25) is 6.41 Å². The fourth-order valence-corrected chi connectivity index (χ4v) is 0.692. The lowest BCUT2D eigenvalue weighted by atomic mass is 10.2. The summed E-state index contributed by atoms with van der Waals surface area (Å²) in [6.07, 6.45) is 0.750. The van der Waals surface area contributed by atoms with Crippen LogP contribution in [0.15, 0.2) is 30.3 Å². The van der Waals surface area contributed by atoms with Crippen LogP contribution < -0.4 is 0 Å². The standard InChI is InChI=1S/C8H8O2.C3H7NO/c1-10-8(9)7-5-3-2-4-6-7;1-4(2)3-5/h2-6H,1H3;3H,1-2H3. The van der Waals surface area contributed by atoms with Crippen LogP contribution >= 0.6 is 0 Å². The molecule has 0 aromatic heterocycles. The molecule has 1 aromatic carbocycles. The minimum absolute atomic E-state index is 0.291. The Kier molecular flexibility index (Phi) is 6.63. The third-order valence-corrected chi connectivity index (χ3v) is 1.41. The lowest BCUT2D eigenvalue weighted by molar-refractivity contribution is -0.115. The van der Waals surface area contributed by atoms with Gasteiger partial charge in [-0.3, -0.25) is 4.79 Å². The number of ether oxygens (including phenoxy) is 1. The van der Waals surface area contributed by atoms with Crippen LogP contribution in [0.3, 0.4) is 0 Å². The Bertz CT molecular complexity index is 296. The maximum Gasteiger partial charge on any atom is 0.337 e. The molecule has 0 fully saturated rings. The molecule has 4 heteroatoms. The molecule has 82 valence electrons. The SMILES string of the molecule is CN(C)C=O.COC(=O)c1ccccc1. The first-order valence-corrected chi connectivity index (χ1v) is 4.37. The van der Waals surface area contributed by atoms with Gasteiger partial charge in [0.25, 0.3) is 0 Å². The molecule has 0 saturated heterocycles. The molecule has 0 spiro atoms. The molecule has 0 aliphatic rings. The van der Waals surface area contributed by atoms with Gasteiger partial charge in [-0.25, -0.2) is 4.79 Å². The molecule has 4 nitrogen and oxygen atoms in total. The summed E-state index contributed by atoms with van der Waals surface area (Å²) in [5.74, 6) is -0.291. The van der Waals surface area contributed by atoms with Crippen molar-refractivity contribution < 1.29 is 14.3 Å². The summed E-state index contributed by atoms with van der Waals surface area (Å²) in [5.41, 5.74) is 0.588. The van der Waals surface area contributed by atoms with Crippen molar-refractivity contribution in [2.75, 3.05) is 21.2 Å². The normalized spacial score (nSPS) is 8.20. The van der Waals surface area contributed by atoms with Crippen LogP contribution in [0, 0.1) is 0 Å². The van der Waals surface area contributed by atoms with Crippen molar-refractivity contribution in [2.45, 2.75) is 0 Å². The second-order valence-electron chi connectivity index (χ2n) is 2.93. The molecule has 1 rings (SSSR count). The highest BCUT2D eigenvalue weighted by molar-refractivity contribution is 5.89. The van der Waals surface area contributed by atoms with Crippen molar-refractivity contribution in [2.24, 2.45) is 0 Å². The Labute approximate surface area is 89.5 Å². The van der Waals surface area contributed by atoms with Crippen molar-refractivity contribution in [3.63, 3.8) is 0 Å². The van der Waals surface area contributed by atoms with Gasteiger partial charge in [0.05, 0.1) is 12.7 Å². The third kappa shape index (κ3) is 6.26. The number of carbonyl (C=O) groups is 2. The van der Waals surface area contributed by atoms with Crippen molar-refractivity contribution in [3.05, 3.63) is 35.9 Å². The zero-order chi connectivity index (χ0) is 11.7. The number of hydrogen-bond donors (Lipinski definition) is 0. The molecular formula is C11H15NO3. The topological polar surface area (TPSA) is 46.6 Å². The van der Waals surface area contributed by atoms with E-state index in [0.29, 0.717) is 5.56 Å². The van der Waals surface area contributed by atoms with E-state index in [4.69, 9.17) is 0 Å². The summed E-state index contributed by atoms with van der Waals surface area (Å²) >= 11 is 0. The first-order chi connectivity index (χ1) is 7.11. The minimum Gasteiger partial charge on any atom is -0.465 e. The minimum atomic E-state index is -0.291. The summed E-state index contributed by atoms with van der Waals surface area (Å²) in [4.78, 5) is 21.7. The second kappa shape index (κ2) is 7.55. The van der Waals surface area contributed by atoms with Crippen LogP contribution in [-0.2, 0) is 9.53 Å². The number of amides is 1. The molecule has 0 aliphatic heterocycles. The predicted molar refractivity (Wildman–Crippen MR) is 57.5 cm³/mol. The van der Waals surface area contributed by atoms with Gasteiger partial charge in [0.1, 0.15) is 0 Å². The zero-order valence-electron chi connectivity index (χ0n) is 9.14. The van der Waals surface area contributed by atoms with E-state index >= 15 is 0 Å². The molecule has 1 aromatic rings. The third-order valence-electron chi connectivity index (χ3n) is 1.41. The highest BCUT2D eigenvalue weighted by Crippen LogP contribution is 1.98. The van der Waals surface area contributed by atoms with Crippen molar-refractivity contribution in [1.82, 2.24) is 4.90 Å². The van der Waals surface area contributed by atoms with Crippen LogP contribution in [0.25, 0.3) is 0 Å². The van der Waals surface area contributed by atoms with Crippen LogP contribution in [0.1, 0.15) is 10.4 Å². The van der Waals surface area contributed by atoms with Gasteiger partial charge in [0.15, 0.2) is 0 Å². The first kappa shape index (κ1) is 13.2. The quantitative estimate of drug-likeness (QED) is 0.542. The highest BCUT2D eigenvalue weighted by atomic mass is 16.5. The molecule has 0 aliphatic carbocycles. The van der Waals surface area contributed by atoms with Gasteiger partial charge in [-0.15, -0.1) is 0 Å². The number of benzene rings is 1. The summed E-state index contributed by atoms with van der Waals surface area (Å²) < 4.78 is 4.50. The molecule has 0 unspecified atom stereocenters. The average molecular weight is 209 g/mol. The first-order valence-electron chi connectivity index (χ1n) is 4.37. The number of nitrogens with zero attached hydrogens (tertiary/aromatic N) is 1. The van der Waals surface area contributed by atoms with E-state index in [-0.39, 0.29) is 5.97 Å². The molecule has 15 heavy (non-hydrogen) atoms. The summed E-state index contributed by atoms with van der Waals surface area (Å²) in [5, 5.41) is 0. The van der Waals surface area contributed by atoms with E-state index in [0.717, 1.165) is 6.41 Å². The van der Waals surface area contributed by atoms with Gasteiger partial charge in [-0.1, -0.05) is 18.2 Å². The largest absolute Gasteiger partial charge is 0.465 e. The molecule has 0 radical (unpaired) electrons. The van der Waals surface area contributed by atoms with Crippen molar-refractivity contribution in [1.29, 1.82) is 0 Å². The van der Waals surface area contributed by atoms with Gasteiger partial charge in [0, 0.05) is 14.1 Å². The van der Waals surface area contributed by atoms with Gasteiger partial charge in [-0.05, 0) is 12.1 Å². The maximum absolute atomic E-state index is 10.8. The fourth-order valence-electron chi connectivity index (χ4n) is 0.692. The summed E-state index contributed by atoms with van der Waals surface area (Å²) in [6, 6.07) is 8.88. The Morgan fingerprint density at radius 2 is 1.73 bits per heavy atom. The van der Waals surface area contributed by atoms with E-state index in [2.05, 4.69) is 4.74 Å². The van der Waals surface area contributed by atoms with Crippen molar-refractivity contribution >= 4 is 12.4 Å².